The highest BCUT2D eigenvalue weighted by molar-refractivity contribution is 9.10. The summed E-state index contributed by atoms with van der Waals surface area (Å²) in [6, 6.07) is 7.83. The van der Waals surface area contributed by atoms with Gasteiger partial charge < -0.3 is 9.84 Å². The summed E-state index contributed by atoms with van der Waals surface area (Å²) in [6.45, 7) is 3.19. The van der Waals surface area contributed by atoms with Crippen LogP contribution in [0.1, 0.15) is 31.7 Å². The SMILES string of the molecule is CCCc1nc2ccc(Br)cc2c(=O)n1N=Cc1cc(Br)cc([N+](=O)[O-])c1O[C@@H](C)C(=O)O. The average Bonchev–Trinajstić information content (AvgIpc) is 2.75. The van der Waals surface area contributed by atoms with Crippen LogP contribution in [0.5, 0.6) is 5.75 Å². The average molecular weight is 582 g/mol. The van der Waals surface area contributed by atoms with Crippen LogP contribution < -0.4 is 10.3 Å². The fourth-order valence-electron chi connectivity index (χ4n) is 3.01. The molecule has 0 aliphatic carbocycles. The lowest BCUT2D eigenvalue weighted by Gasteiger charge is -2.13. The predicted molar refractivity (Wildman–Crippen MR) is 129 cm³/mol. The zero-order valence-electron chi connectivity index (χ0n) is 17.5. The lowest BCUT2D eigenvalue weighted by Crippen LogP contribution is -2.24. The molecule has 1 heterocycles. The lowest BCUT2D eigenvalue weighted by atomic mass is 10.2. The van der Waals surface area contributed by atoms with E-state index in [1.165, 1.54) is 25.3 Å². The van der Waals surface area contributed by atoms with E-state index in [1.54, 1.807) is 18.2 Å². The molecular formula is C21H18Br2N4O6. The second kappa shape index (κ2) is 10.2. The van der Waals surface area contributed by atoms with Gasteiger partial charge in [-0.25, -0.2) is 9.78 Å². The van der Waals surface area contributed by atoms with Gasteiger partial charge in [-0.1, -0.05) is 38.8 Å². The summed E-state index contributed by atoms with van der Waals surface area (Å²) in [5.74, 6) is -1.15. The highest BCUT2D eigenvalue weighted by Gasteiger charge is 2.25. The van der Waals surface area contributed by atoms with Crippen molar-refractivity contribution in [3.63, 3.8) is 0 Å². The third-order valence-corrected chi connectivity index (χ3v) is 5.51. The number of carboxylic acids is 1. The van der Waals surface area contributed by atoms with E-state index in [9.17, 15) is 24.8 Å². The van der Waals surface area contributed by atoms with Crippen molar-refractivity contribution in [2.24, 2.45) is 5.10 Å². The molecule has 1 N–H and O–H groups in total. The van der Waals surface area contributed by atoms with Gasteiger partial charge in [-0.15, -0.1) is 0 Å². The number of nitro groups is 1. The Kier molecular flexibility index (Phi) is 7.59. The first-order chi connectivity index (χ1) is 15.6. The van der Waals surface area contributed by atoms with Crippen molar-refractivity contribution in [2.75, 3.05) is 0 Å². The molecule has 2 aromatic carbocycles. The van der Waals surface area contributed by atoms with Gasteiger partial charge in [0.25, 0.3) is 5.56 Å². The van der Waals surface area contributed by atoms with Gasteiger partial charge in [-0.3, -0.25) is 14.9 Å². The van der Waals surface area contributed by atoms with Crippen LogP contribution in [0.25, 0.3) is 10.9 Å². The summed E-state index contributed by atoms with van der Waals surface area (Å²) in [7, 11) is 0. The number of aliphatic carboxylic acids is 1. The molecule has 1 atom stereocenters. The van der Waals surface area contributed by atoms with E-state index in [-0.39, 0.29) is 11.3 Å². The van der Waals surface area contributed by atoms with E-state index < -0.39 is 28.2 Å². The maximum Gasteiger partial charge on any atom is 0.344 e. The van der Waals surface area contributed by atoms with E-state index in [2.05, 4.69) is 41.9 Å². The van der Waals surface area contributed by atoms with E-state index in [0.29, 0.717) is 38.5 Å². The standard InChI is InChI=1S/C21H18Br2N4O6/c1-3-4-18-25-16-6-5-13(22)8-15(16)20(28)26(18)24-10-12-7-14(23)9-17(27(31)32)19(12)33-11(2)21(29)30/h5-11H,3-4H2,1-2H3,(H,29,30)/t11-/m0/s1. The van der Waals surface area contributed by atoms with Crippen LogP contribution in [0.3, 0.4) is 0 Å². The lowest BCUT2D eigenvalue weighted by molar-refractivity contribution is -0.386. The number of aromatic nitrogens is 2. The van der Waals surface area contributed by atoms with Gasteiger partial charge in [-0.2, -0.15) is 9.78 Å². The molecule has 0 amide bonds. The zero-order valence-corrected chi connectivity index (χ0v) is 20.7. The van der Waals surface area contributed by atoms with Crippen molar-refractivity contribution in [3.05, 3.63) is 71.1 Å². The fourth-order valence-corrected chi connectivity index (χ4v) is 3.83. The Labute approximate surface area is 204 Å². The Hall–Kier alpha value is -3.12. The van der Waals surface area contributed by atoms with Gasteiger partial charge in [0.1, 0.15) is 5.82 Å². The molecular weight excluding hydrogens is 564 g/mol. The Morgan fingerprint density at radius 3 is 2.70 bits per heavy atom. The van der Waals surface area contributed by atoms with Crippen molar-refractivity contribution < 1.29 is 19.6 Å². The number of hydrogen-bond donors (Lipinski definition) is 1. The van der Waals surface area contributed by atoms with Crippen molar-refractivity contribution in [3.8, 4) is 5.75 Å². The number of rotatable bonds is 8. The normalized spacial score (nSPS) is 12.2. The highest BCUT2D eigenvalue weighted by atomic mass is 79.9. The number of halogens is 2. The minimum Gasteiger partial charge on any atom is -0.479 e. The molecule has 33 heavy (non-hydrogen) atoms. The van der Waals surface area contributed by atoms with Gasteiger partial charge >= 0.3 is 11.7 Å². The van der Waals surface area contributed by atoms with Crippen LogP contribution in [0.2, 0.25) is 0 Å². The molecule has 0 saturated carbocycles. The first-order valence-electron chi connectivity index (χ1n) is 9.75. The summed E-state index contributed by atoms with van der Waals surface area (Å²) in [4.78, 5) is 39.8. The van der Waals surface area contributed by atoms with Crippen molar-refractivity contribution in [1.82, 2.24) is 9.66 Å². The summed E-state index contributed by atoms with van der Waals surface area (Å²) in [6.07, 6.45) is 1.04. The molecule has 1 aromatic heterocycles. The third-order valence-electron chi connectivity index (χ3n) is 4.56. The quantitative estimate of drug-likeness (QED) is 0.234. The summed E-state index contributed by atoms with van der Waals surface area (Å²) in [5, 5.41) is 25.4. The maximum absolute atomic E-state index is 13.2. The molecule has 12 heteroatoms. The van der Waals surface area contributed by atoms with E-state index >= 15 is 0 Å². The first-order valence-corrected chi connectivity index (χ1v) is 11.3. The molecule has 0 fully saturated rings. The second-order valence-electron chi connectivity index (χ2n) is 7.00. The molecule has 3 rings (SSSR count). The second-order valence-corrected chi connectivity index (χ2v) is 8.83. The number of fused-ring (bicyclic) bond motifs is 1. The van der Waals surface area contributed by atoms with Gasteiger partial charge in [0.05, 0.1) is 22.0 Å². The highest BCUT2D eigenvalue weighted by Crippen LogP contribution is 2.34. The minimum absolute atomic E-state index is 0.118. The molecule has 0 bridgehead atoms. The monoisotopic (exact) mass is 580 g/mol. The molecule has 0 radical (unpaired) electrons. The Balaban J connectivity index is 2.21. The number of nitrogens with zero attached hydrogens (tertiary/aromatic N) is 4. The Bertz CT molecular complexity index is 1340. The van der Waals surface area contributed by atoms with Gasteiger partial charge in [0.2, 0.25) is 5.75 Å². The molecule has 10 nitrogen and oxygen atoms in total. The number of carboxylic acid groups (broad SMARTS) is 1. The molecule has 172 valence electrons. The largest absolute Gasteiger partial charge is 0.479 e. The van der Waals surface area contributed by atoms with E-state index in [1.807, 2.05) is 6.92 Å². The van der Waals surface area contributed by atoms with Crippen molar-refractivity contribution in [2.45, 2.75) is 32.8 Å². The van der Waals surface area contributed by atoms with E-state index in [0.717, 1.165) is 4.68 Å². The Morgan fingerprint density at radius 1 is 1.33 bits per heavy atom. The van der Waals surface area contributed by atoms with Crippen LogP contribution in [0, 0.1) is 10.1 Å². The van der Waals surface area contributed by atoms with Crippen molar-refractivity contribution >= 4 is 60.6 Å². The molecule has 0 unspecified atom stereocenters. The number of carbonyl (C=O) groups is 1. The number of ether oxygens (including phenoxy) is 1. The van der Waals surface area contributed by atoms with Crippen LogP contribution in [-0.2, 0) is 11.2 Å². The number of hydrogen-bond acceptors (Lipinski definition) is 7. The number of benzene rings is 2. The Morgan fingerprint density at radius 2 is 2.06 bits per heavy atom. The summed E-state index contributed by atoms with van der Waals surface area (Å²) >= 11 is 6.55. The van der Waals surface area contributed by atoms with Gasteiger partial charge in [0, 0.05) is 27.0 Å². The first kappa shape index (κ1) is 24.5. The minimum atomic E-state index is -1.35. The zero-order chi connectivity index (χ0) is 24.3. The third kappa shape index (κ3) is 5.45. The molecule has 0 saturated heterocycles. The van der Waals surface area contributed by atoms with Crippen molar-refractivity contribution in [1.29, 1.82) is 0 Å². The van der Waals surface area contributed by atoms with Crippen LogP contribution in [0.4, 0.5) is 5.69 Å². The summed E-state index contributed by atoms with van der Waals surface area (Å²) in [5.41, 5.74) is -0.212. The van der Waals surface area contributed by atoms with E-state index in [4.69, 9.17) is 4.74 Å². The van der Waals surface area contributed by atoms with Gasteiger partial charge in [0.15, 0.2) is 6.10 Å². The van der Waals surface area contributed by atoms with Crippen LogP contribution in [0.15, 0.2) is 49.2 Å². The van der Waals surface area contributed by atoms with Crippen LogP contribution >= 0.6 is 31.9 Å². The smallest absolute Gasteiger partial charge is 0.344 e. The molecule has 3 aromatic rings. The molecule has 0 aliphatic heterocycles. The number of nitro benzene ring substituents is 1. The fraction of sp³-hybridized carbons (Fsp3) is 0.238. The topological polar surface area (TPSA) is 137 Å². The number of aryl methyl sites for hydroxylation is 1. The van der Waals surface area contributed by atoms with Gasteiger partial charge in [-0.05, 0) is 37.6 Å². The van der Waals surface area contributed by atoms with Crippen LogP contribution in [-0.4, -0.2) is 38.0 Å². The summed E-state index contributed by atoms with van der Waals surface area (Å²) < 4.78 is 7.57. The molecule has 0 aliphatic rings. The maximum atomic E-state index is 13.2. The predicted octanol–water partition coefficient (Wildman–Crippen LogP) is 4.52. The molecule has 0 spiro atoms.